The van der Waals surface area contributed by atoms with Crippen LogP contribution in [0.3, 0.4) is 0 Å². The average Bonchev–Trinajstić information content (AvgIpc) is 2.84. The molecule has 1 N–H and O–H groups in total. The van der Waals surface area contributed by atoms with Crippen LogP contribution in [-0.2, 0) is 9.53 Å². The molecule has 4 heteroatoms. The Morgan fingerprint density at radius 1 is 1.35 bits per heavy atom. The number of carbonyl (C=O) groups excluding carboxylic acids is 1. The third-order valence-electron chi connectivity index (χ3n) is 3.86. The highest BCUT2D eigenvalue weighted by Crippen LogP contribution is 2.23. The quantitative estimate of drug-likeness (QED) is 0.797. The highest BCUT2D eigenvalue weighted by Gasteiger charge is 2.33. The Morgan fingerprint density at radius 2 is 2.12 bits per heavy atom. The number of hydrogen-bond donors (Lipinski definition) is 1. The molecule has 0 aromatic heterocycles. The van der Waals surface area contributed by atoms with Gasteiger partial charge in [-0.3, -0.25) is 4.79 Å². The first kappa shape index (κ1) is 12.8. The number of nitrogens with one attached hydrogen (secondary N) is 1. The molecule has 1 atom stereocenters. The SMILES string of the molecule is CCOCC1CCCN1C(=O)C1CCNCC1. The van der Waals surface area contributed by atoms with Crippen molar-refractivity contribution in [3.8, 4) is 0 Å². The maximum Gasteiger partial charge on any atom is 0.226 e. The number of likely N-dealkylation sites (tertiary alicyclic amines) is 1. The van der Waals surface area contributed by atoms with E-state index in [1.807, 2.05) is 6.92 Å². The fourth-order valence-electron chi connectivity index (χ4n) is 2.86. The van der Waals surface area contributed by atoms with Gasteiger partial charge in [0.25, 0.3) is 0 Å². The third kappa shape index (κ3) is 3.19. The van der Waals surface area contributed by atoms with Crippen molar-refractivity contribution in [1.82, 2.24) is 10.2 Å². The minimum atomic E-state index is 0.249. The molecule has 0 aromatic carbocycles. The number of ether oxygens (including phenoxy) is 1. The molecule has 0 bridgehead atoms. The van der Waals surface area contributed by atoms with E-state index in [9.17, 15) is 4.79 Å². The van der Waals surface area contributed by atoms with Crippen molar-refractivity contribution in [2.24, 2.45) is 5.92 Å². The molecule has 0 aliphatic carbocycles. The van der Waals surface area contributed by atoms with Crippen LogP contribution in [0, 0.1) is 5.92 Å². The molecule has 98 valence electrons. The summed E-state index contributed by atoms with van der Waals surface area (Å²) in [4.78, 5) is 14.5. The van der Waals surface area contributed by atoms with Gasteiger partial charge < -0.3 is 15.0 Å². The largest absolute Gasteiger partial charge is 0.380 e. The van der Waals surface area contributed by atoms with E-state index in [1.54, 1.807) is 0 Å². The summed E-state index contributed by atoms with van der Waals surface area (Å²) in [5.41, 5.74) is 0. The van der Waals surface area contributed by atoms with Crippen LogP contribution in [0.25, 0.3) is 0 Å². The highest BCUT2D eigenvalue weighted by atomic mass is 16.5. The molecular weight excluding hydrogens is 216 g/mol. The van der Waals surface area contributed by atoms with E-state index in [-0.39, 0.29) is 5.92 Å². The number of hydrogen-bond acceptors (Lipinski definition) is 3. The van der Waals surface area contributed by atoms with Gasteiger partial charge in [0.2, 0.25) is 5.91 Å². The molecule has 1 unspecified atom stereocenters. The zero-order valence-corrected chi connectivity index (χ0v) is 10.8. The average molecular weight is 240 g/mol. The van der Waals surface area contributed by atoms with Gasteiger partial charge in [-0.25, -0.2) is 0 Å². The molecule has 2 aliphatic rings. The van der Waals surface area contributed by atoms with Crippen LogP contribution in [0.1, 0.15) is 32.6 Å². The van der Waals surface area contributed by atoms with Crippen LogP contribution in [0.5, 0.6) is 0 Å². The number of nitrogens with zero attached hydrogens (tertiary/aromatic N) is 1. The zero-order valence-electron chi connectivity index (χ0n) is 10.8. The van der Waals surface area contributed by atoms with Gasteiger partial charge in [0, 0.05) is 19.1 Å². The summed E-state index contributed by atoms with van der Waals surface area (Å²) in [6, 6.07) is 0.331. The maximum atomic E-state index is 12.4. The number of carbonyl (C=O) groups is 1. The predicted molar refractivity (Wildman–Crippen MR) is 66.8 cm³/mol. The van der Waals surface area contributed by atoms with Crippen molar-refractivity contribution in [2.45, 2.75) is 38.6 Å². The Hall–Kier alpha value is -0.610. The Kier molecular flexibility index (Phi) is 4.80. The normalized spacial score (nSPS) is 26.4. The molecule has 0 aromatic rings. The van der Waals surface area contributed by atoms with Crippen LogP contribution in [-0.4, -0.2) is 49.7 Å². The van der Waals surface area contributed by atoms with Crippen LogP contribution in [0.15, 0.2) is 0 Å². The molecule has 1 amide bonds. The van der Waals surface area contributed by atoms with Crippen LogP contribution in [0.4, 0.5) is 0 Å². The first-order chi connectivity index (χ1) is 8.33. The molecule has 17 heavy (non-hydrogen) atoms. The molecular formula is C13H24N2O2. The molecule has 0 radical (unpaired) electrons. The summed E-state index contributed by atoms with van der Waals surface area (Å²) in [6.07, 6.45) is 4.23. The van der Waals surface area contributed by atoms with Crippen molar-refractivity contribution in [3.05, 3.63) is 0 Å². The van der Waals surface area contributed by atoms with Gasteiger partial charge in [-0.1, -0.05) is 0 Å². The first-order valence-electron chi connectivity index (χ1n) is 6.92. The number of piperidine rings is 1. The number of rotatable bonds is 4. The summed E-state index contributed by atoms with van der Waals surface area (Å²) < 4.78 is 5.48. The summed E-state index contributed by atoms with van der Waals surface area (Å²) in [6.45, 7) is 6.37. The highest BCUT2D eigenvalue weighted by molar-refractivity contribution is 5.79. The summed E-state index contributed by atoms with van der Waals surface area (Å²) >= 11 is 0. The van der Waals surface area contributed by atoms with Gasteiger partial charge in [-0.05, 0) is 45.7 Å². The Bertz CT molecular complexity index is 252. The second kappa shape index (κ2) is 6.36. The standard InChI is InChI=1S/C13H24N2O2/c1-2-17-10-12-4-3-9-15(12)13(16)11-5-7-14-8-6-11/h11-12,14H,2-10H2,1H3. The number of amides is 1. The fraction of sp³-hybridized carbons (Fsp3) is 0.923. The van der Waals surface area contributed by atoms with Gasteiger partial charge >= 0.3 is 0 Å². The van der Waals surface area contributed by atoms with Crippen molar-refractivity contribution in [1.29, 1.82) is 0 Å². The lowest BCUT2D eigenvalue weighted by molar-refractivity contribution is -0.138. The second-order valence-corrected chi connectivity index (χ2v) is 5.01. The zero-order chi connectivity index (χ0) is 12.1. The van der Waals surface area contributed by atoms with Gasteiger partial charge in [0.05, 0.1) is 12.6 Å². The van der Waals surface area contributed by atoms with E-state index < -0.39 is 0 Å². The topological polar surface area (TPSA) is 41.6 Å². The van der Waals surface area contributed by atoms with Crippen molar-refractivity contribution in [3.63, 3.8) is 0 Å². The molecule has 0 saturated carbocycles. The summed E-state index contributed by atoms with van der Waals surface area (Å²) in [5.74, 6) is 0.618. The molecule has 2 fully saturated rings. The lowest BCUT2D eigenvalue weighted by Gasteiger charge is -2.30. The summed E-state index contributed by atoms with van der Waals surface area (Å²) in [5, 5.41) is 3.31. The van der Waals surface area contributed by atoms with Crippen LogP contribution in [0.2, 0.25) is 0 Å². The maximum absolute atomic E-state index is 12.4. The van der Waals surface area contributed by atoms with Gasteiger partial charge in [-0.2, -0.15) is 0 Å². The van der Waals surface area contributed by atoms with E-state index in [0.717, 1.165) is 51.9 Å². The molecule has 2 aliphatic heterocycles. The summed E-state index contributed by atoms with van der Waals surface area (Å²) in [7, 11) is 0. The molecule has 2 rings (SSSR count). The Labute approximate surface area is 104 Å². The Balaban J connectivity index is 1.88. The fourth-order valence-corrected chi connectivity index (χ4v) is 2.86. The molecule has 2 heterocycles. The monoisotopic (exact) mass is 240 g/mol. The minimum Gasteiger partial charge on any atom is -0.380 e. The van der Waals surface area contributed by atoms with Gasteiger partial charge in [0.1, 0.15) is 0 Å². The predicted octanol–water partition coefficient (Wildman–Crippen LogP) is 1.01. The van der Waals surface area contributed by atoms with E-state index in [2.05, 4.69) is 10.2 Å². The Morgan fingerprint density at radius 3 is 2.82 bits per heavy atom. The van der Waals surface area contributed by atoms with Gasteiger partial charge in [0.15, 0.2) is 0 Å². The smallest absolute Gasteiger partial charge is 0.226 e. The molecule has 0 spiro atoms. The van der Waals surface area contributed by atoms with Crippen molar-refractivity contribution < 1.29 is 9.53 Å². The first-order valence-corrected chi connectivity index (χ1v) is 6.92. The lowest BCUT2D eigenvalue weighted by Crippen LogP contribution is -2.44. The van der Waals surface area contributed by atoms with Gasteiger partial charge in [-0.15, -0.1) is 0 Å². The molecule has 4 nitrogen and oxygen atoms in total. The molecule has 2 saturated heterocycles. The van der Waals surface area contributed by atoms with Crippen LogP contribution < -0.4 is 5.32 Å². The lowest BCUT2D eigenvalue weighted by atomic mass is 9.96. The van der Waals surface area contributed by atoms with E-state index in [0.29, 0.717) is 18.6 Å². The minimum absolute atomic E-state index is 0.249. The third-order valence-corrected chi connectivity index (χ3v) is 3.86. The second-order valence-electron chi connectivity index (χ2n) is 5.01. The van der Waals surface area contributed by atoms with E-state index in [1.165, 1.54) is 0 Å². The van der Waals surface area contributed by atoms with E-state index in [4.69, 9.17) is 4.74 Å². The van der Waals surface area contributed by atoms with Crippen LogP contribution >= 0.6 is 0 Å². The van der Waals surface area contributed by atoms with E-state index >= 15 is 0 Å². The van der Waals surface area contributed by atoms with Crippen molar-refractivity contribution in [2.75, 3.05) is 32.8 Å². The van der Waals surface area contributed by atoms with Crippen molar-refractivity contribution >= 4 is 5.91 Å².